The SMILES string of the molecule is C=CCN(CCC)C(=O)[C@@H]1[C@H]2C(=O)N(CCO)C(C(=O)N(CC=C)c3ccccc3Cl)C23CC[C@@]1(CC)O3. The molecule has 0 aliphatic carbocycles. The Morgan fingerprint density at radius 3 is 2.50 bits per heavy atom. The second-order valence-electron chi connectivity index (χ2n) is 10.4. The molecule has 0 saturated carbocycles. The minimum absolute atomic E-state index is 0.0351. The van der Waals surface area contributed by atoms with Gasteiger partial charge in [0.05, 0.1) is 34.8 Å². The number of benzene rings is 1. The van der Waals surface area contributed by atoms with Crippen LogP contribution in [0.2, 0.25) is 5.02 Å². The van der Waals surface area contributed by atoms with E-state index in [0.29, 0.717) is 43.1 Å². The van der Waals surface area contributed by atoms with E-state index in [1.54, 1.807) is 41.3 Å². The van der Waals surface area contributed by atoms with Gasteiger partial charge in [0.2, 0.25) is 11.8 Å². The molecule has 9 heteroatoms. The maximum absolute atomic E-state index is 14.4. The van der Waals surface area contributed by atoms with Crippen LogP contribution in [0.1, 0.15) is 39.5 Å². The van der Waals surface area contributed by atoms with Crippen LogP contribution < -0.4 is 4.90 Å². The van der Waals surface area contributed by atoms with E-state index in [9.17, 15) is 19.5 Å². The van der Waals surface area contributed by atoms with Gasteiger partial charge in [0, 0.05) is 26.2 Å². The first-order valence-electron chi connectivity index (χ1n) is 13.4. The van der Waals surface area contributed by atoms with Gasteiger partial charge in [-0.1, -0.05) is 49.7 Å². The van der Waals surface area contributed by atoms with Crippen molar-refractivity contribution in [3.8, 4) is 0 Å². The highest BCUT2D eigenvalue weighted by molar-refractivity contribution is 6.34. The number of rotatable bonds is 12. The van der Waals surface area contributed by atoms with Crippen molar-refractivity contribution in [1.29, 1.82) is 0 Å². The first-order chi connectivity index (χ1) is 18.3. The highest BCUT2D eigenvalue weighted by Crippen LogP contribution is 2.64. The number of hydrogen-bond donors (Lipinski definition) is 1. The molecule has 38 heavy (non-hydrogen) atoms. The van der Waals surface area contributed by atoms with E-state index in [1.807, 2.05) is 13.8 Å². The summed E-state index contributed by atoms with van der Waals surface area (Å²) >= 11 is 6.49. The van der Waals surface area contributed by atoms with Crippen molar-refractivity contribution < 1.29 is 24.2 Å². The van der Waals surface area contributed by atoms with Crippen molar-refractivity contribution in [2.45, 2.75) is 56.8 Å². The number of nitrogens with zero attached hydrogens (tertiary/aromatic N) is 3. The molecule has 0 radical (unpaired) electrons. The Labute approximate surface area is 229 Å². The van der Waals surface area contributed by atoms with Crippen LogP contribution in [0.3, 0.4) is 0 Å². The predicted octanol–water partition coefficient (Wildman–Crippen LogP) is 3.43. The first-order valence-corrected chi connectivity index (χ1v) is 13.8. The van der Waals surface area contributed by atoms with Crippen molar-refractivity contribution in [2.75, 3.05) is 37.7 Å². The zero-order valence-electron chi connectivity index (χ0n) is 22.3. The van der Waals surface area contributed by atoms with Crippen LogP contribution in [0.25, 0.3) is 0 Å². The Morgan fingerprint density at radius 1 is 1.18 bits per heavy atom. The van der Waals surface area contributed by atoms with E-state index < -0.39 is 29.1 Å². The van der Waals surface area contributed by atoms with Crippen molar-refractivity contribution in [1.82, 2.24) is 9.80 Å². The quantitative estimate of drug-likeness (QED) is 0.408. The number of hydrogen-bond acceptors (Lipinski definition) is 5. The third kappa shape index (κ3) is 4.27. The normalized spacial score (nSPS) is 29.3. The standard InChI is InChI=1S/C29H38ClN3O5/c1-5-15-31(16-6-2)25(35)22-23-26(36)33(18-19-34)24(29(23)14-13-28(22,8-4)38-29)27(37)32(17-7-3)21-12-10-9-11-20(21)30/h5,7,9-12,22-24,34H,1,3,6,8,13-19H2,2,4H3/t22-,23-,24?,28+,29?/m0/s1. The van der Waals surface area contributed by atoms with Gasteiger partial charge in [-0.2, -0.15) is 0 Å². The molecule has 206 valence electrons. The highest BCUT2D eigenvalue weighted by Gasteiger charge is 2.79. The van der Waals surface area contributed by atoms with E-state index in [4.69, 9.17) is 16.3 Å². The Balaban J connectivity index is 1.82. The second kappa shape index (κ2) is 11.2. The topological polar surface area (TPSA) is 90.4 Å². The van der Waals surface area contributed by atoms with E-state index in [-0.39, 0.29) is 37.4 Å². The fourth-order valence-corrected chi connectivity index (χ4v) is 7.13. The molecule has 3 saturated heterocycles. The van der Waals surface area contributed by atoms with Crippen LogP contribution in [-0.4, -0.2) is 82.7 Å². The van der Waals surface area contributed by atoms with Crippen LogP contribution in [0, 0.1) is 11.8 Å². The van der Waals surface area contributed by atoms with Gasteiger partial charge in [-0.25, -0.2) is 0 Å². The van der Waals surface area contributed by atoms with Crippen molar-refractivity contribution in [3.05, 3.63) is 54.6 Å². The molecule has 2 bridgehead atoms. The average Bonchev–Trinajstić information content (AvgIpc) is 3.51. The zero-order chi connectivity index (χ0) is 27.7. The maximum atomic E-state index is 14.4. The smallest absolute Gasteiger partial charge is 0.253 e. The van der Waals surface area contributed by atoms with E-state index >= 15 is 0 Å². The Morgan fingerprint density at radius 2 is 1.89 bits per heavy atom. The Kier molecular flexibility index (Phi) is 8.35. The van der Waals surface area contributed by atoms with Crippen LogP contribution in [0.5, 0.6) is 0 Å². The molecule has 4 rings (SSSR count). The summed E-state index contributed by atoms with van der Waals surface area (Å²) in [6.07, 6.45) is 5.65. The summed E-state index contributed by atoms with van der Waals surface area (Å²) in [5.74, 6) is -2.35. The summed E-state index contributed by atoms with van der Waals surface area (Å²) in [4.78, 5) is 47.2. The number of ether oxygens (including phenoxy) is 1. The van der Waals surface area contributed by atoms with E-state index in [1.165, 1.54) is 9.80 Å². The third-order valence-electron chi connectivity index (χ3n) is 8.40. The first kappa shape index (κ1) is 28.3. The largest absolute Gasteiger partial charge is 0.395 e. The van der Waals surface area contributed by atoms with Gasteiger partial charge in [0.1, 0.15) is 11.6 Å². The Bertz CT molecular complexity index is 1110. The number of carbonyl (C=O) groups excluding carboxylic acids is 3. The monoisotopic (exact) mass is 543 g/mol. The molecule has 3 aliphatic rings. The number of β-amino-alcohol motifs (C(OH)–C–C–N with tert-alkyl or cyclic N) is 1. The van der Waals surface area contributed by atoms with Gasteiger partial charge >= 0.3 is 0 Å². The highest BCUT2D eigenvalue weighted by atomic mass is 35.5. The van der Waals surface area contributed by atoms with Gasteiger partial charge < -0.3 is 24.5 Å². The second-order valence-corrected chi connectivity index (χ2v) is 10.8. The van der Waals surface area contributed by atoms with Gasteiger partial charge in [0.15, 0.2) is 0 Å². The fourth-order valence-electron chi connectivity index (χ4n) is 6.89. The van der Waals surface area contributed by atoms with Crippen LogP contribution >= 0.6 is 11.6 Å². The lowest BCUT2D eigenvalue weighted by atomic mass is 9.64. The van der Waals surface area contributed by atoms with Crippen LogP contribution in [0.4, 0.5) is 5.69 Å². The fraction of sp³-hybridized carbons (Fsp3) is 0.552. The molecular weight excluding hydrogens is 506 g/mol. The number of amides is 3. The molecule has 1 aromatic rings. The third-order valence-corrected chi connectivity index (χ3v) is 8.72. The molecule has 3 aliphatic heterocycles. The summed E-state index contributed by atoms with van der Waals surface area (Å²) < 4.78 is 6.81. The lowest BCUT2D eigenvalue weighted by molar-refractivity contribution is -0.151. The molecule has 3 fully saturated rings. The summed E-state index contributed by atoms with van der Waals surface area (Å²) in [6.45, 7) is 12.3. The van der Waals surface area contributed by atoms with Gasteiger partial charge in [-0.05, 0) is 37.8 Å². The molecular formula is C29H38ClN3O5. The van der Waals surface area contributed by atoms with Crippen molar-refractivity contribution in [2.24, 2.45) is 11.8 Å². The molecule has 8 nitrogen and oxygen atoms in total. The number of anilines is 1. The number of fused-ring (bicyclic) bond motifs is 1. The number of para-hydroxylation sites is 1. The maximum Gasteiger partial charge on any atom is 0.253 e. The summed E-state index contributed by atoms with van der Waals surface area (Å²) in [6, 6.07) is 6.01. The summed E-state index contributed by atoms with van der Waals surface area (Å²) in [7, 11) is 0. The minimum Gasteiger partial charge on any atom is -0.395 e. The minimum atomic E-state index is -1.17. The molecule has 0 aromatic heterocycles. The molecule has 3 amide bonds. The van der Waals surface area contributed by atoms with E-state index in [2.05, 4.69) is 13.2 Å². The lowest BCUT2D eigenvalue weighted by Crippen LogP contribution is -2.57. The van der Waals surface area contributed by atoms with Crippen molar-refractivity contribution in [3.63, 3.8) is 0 Å². The number of halogens is 1. The number of carbonyl (C=O) groups is 3. The lowest BCUT2D eigenvalue weighted by Gasteiger charge is -2.37. The molecule has 5 atom stereocenters. The number of aliphatic hydroxyl groups is 1. The van der Waals surface area contributed by atoms with Crippen molar-refractivity contribution >= 4 is 35.0 Å². The van der Waals surface area contributed by atoms with Crippen LogP contribution in [0.15, 0.2) is 49.6 Å². The van der Waals surface area contributed by atoms with E-state index in [0.717, 1.165) is 6.42 Å². The molecule has 1 spiro atoms. The molecule has 3 heterocycles. The van der Waals surface area contributed by atoms with Gasteiger partial charge in [0.25, 0.3) is 5.91 Å². The summed E-state index contributed by atoms with van der Waals surface area (Å²) in [5.41, 5.74) is -1.50. The Hall–Kier alpha value is -2.68. The molecule has 1 aromatic carbocycles. The number of likely N-dealkylation sites (tertiary alicyclic amines) is 1. The predicted molar refractivity (Wildman–Crippen MR) is 147 cm³/mol. The van der Waals surface area contributed by atoms with Gasteiger partial charge in [-0.15, -0.1) is 13.2 Å². The molecule has 1 N–H and O–H groups in total. The molecule has 2 unspecified atom stereocenters. The number of aliphatic hydroxyl groups excluding tert-OH is 1. The summed E-state index contributed by atoms with van der Waals surface area (Å²) in [5, 5.41) is 10.3. The van der Waals surface area contributed by atoms with Gasteiger partial charge in [-0.3, -0.25) is 14.4 Å². The average molecular weight is 544 g/mol. The zero-order valence-corrected chi connectivity index (χ0v) is 23.0. The van der Waals surface area contributed by atoms with Crippen LogP contribution in [-0.2, 0) is 19.1 Å².